The van der Waals surface area contributed by atoms with Crippen LogP contribution >= 0.6 is 0 Å². The number of hydrogen-bond acceptors (Lipinski definition) is 3. The van der Waals surface area contributed by atoms with Crippen molar-refractivity contribution in [2.24, 2.45) is 0 Å². The summed E-state index contributed by atoms with van der Waals surface area (Å²) in [7, 11) is 0. The van der Waals surface area contributed by atoms with Crippen LogP contribution in [0.25, 0.3) is 77.3 Å². The lowest BCUT2D eigenvalue weighted by Crippen LogP contribution is -2.40. The molecular weight excluding hydrogens is 597 g/mol. The molecule has 0 fully saturated rings. The molecule has 2 aliphatic rings. The summed E-state index contributed by atoms with van der Waals surface area (Å²) in [5.74, 6) is 0.886. The smallest absolute Gasteiger partial charge is 0.161 e. The molecule has 4 heteroatoms. The van der Waals surface area contributed by atoms with Crippen molar-refractivity contribution in [2.45, 2.75) is 18.9 Å². The minimum Gasteiger partial charge on any atom is -0.314 e. The van der Waals surface area contributed by atoms with E-state index in [1.54, 1.807) is 0 Å². The number of rotatable bonds is 3. The zero-order valence-corrected chi connectivity index (χ0v) is 26.9. The number of fused-ring (bicyclic) bond motifs is 4. The second-order valence-corrected chi connectivity index (χ2v) is 13.5. The highest BCUT2D eigenvalue weighted by molar-refractivity contribution is 6.27. The van der Waals surface area contributed by atoms with Crippen molar-refractivity contribution in [3.05, 3.63) is 157 Å². The lowest BCUT2D eigenvalue weighted by atomic mass is 9.81. The largest absolute Gasteiger partial charge is 0.314 e. The number of hydrogen-bond donors (Lipinski definition) is 0. The molecule has 1 unspecified atom stereocenters. The maximum Gasteiger partial charge on any atom is 0.161 e. The summed E-state index contributed by atoms with van der Waals surface area (Å²) >= 11 is 0. The molecule has 0 spiro atoms. The van der Waals surface area contributed by atoms with Gasteiger partial charge >= 0.3 is 0 Å². The van der Waals surface area contributed by atoms with Crippen LogP contribution in [-0.2, 0) is 5.54 Å². The predicted octanol–water partition coefficient (Wildman–Crippen LogP) is 10.5. The van der Waals surface area contributed by atoms with Crippen molar-refractivity contribution >= 4 is 71.8 Å². The zero-order valence-electron chi connectivity index (χ0n) is 26.9. The highest BCUT2D eigenvalue weighted by Gasteiger charge is 2.47. The highest BCUT2D eigenvalue weighted by Crippen LogP contribution is 2.57. The van der Waals surface area contributed by atoms with Crippen LogP contribution in [0.2, 0.25) is 0 Å². The minimum absolute atomic E-state index is 0.429. The van der Waals surface area contributed by atoms with E-state index in [0.717, 1.165) is 34.5 Å². The number of aromatic nitrogens is 3. The van der Waals surface area contributed by atoms with Crippen molar-refractivity contribution in [3.8, 4) is 16.9 Å². The highest BCUT2D eigenvalue weighted by atomic mass is 15.3. The molecule has 3 heterocycles. The van der Waals surface area contributed by atoms with Crippen molar-refractivity contribution in [1.82, 2.24) is 14.5 Å². The van der Waals surface area contributed by atoms with Gasteiger partial charge in [-0.15, -0.1) is 0 Å². The van der Waals surface area contributed by atoms with Gasteiger partial charge in [-0.05, 0) is 76.9 Å². The fourth-order valence-corrected chi connectivity index (χ4v) is 8.87. The Morgan fingerprint density at radius 3 is 1.92 bits per heavy atom. The molecule has 0 N–H and O–H groups in total. The SMILES string of the molecule is CC12CC=c3c4c1c1c(cccc1c1ccccc1c1cccc(c41)n3-c1ccccc1)N2c1nc2ccccc2nc1-c1ccccc1. The average molecular weight is 627 g/mol. The molecule has 230 valence electrons. The van der Waals surface area contributed by atoms with Crippen LogP contribution in [0.5, 0.6) is 0 Å². The molecule has 1 aliphatic heterocycles. The van der Waals surface area contributed by atoms with Gasteiger partial charge in [0.2, 0.25) is 0 Å². The van der Waals surface area contributed by atoms with Gasteiger partial charge in [0.15, 0.2) is 5.82 Å². The lowest BCUT2D eigenvalue weighted by Gasteiger charge is -2.39. The standard InChI is InChI=1S/C45H30N4/c1-45-27-26-37-41-39-32(20-12-24-36(39)48(37)29-16-6-3-7-17-29)30-18-8-9-19-31(30)33-21-13-25-38(40(33)42(41)45)49(45)44-43(28-14-4-2-5-15-28)46-34-22-10-11-23-35(34)47-44/h2-26H,27H2,1H3. The summed E-state index contributed by atoms with van der Waals surface area (Å²) in [6, 6.07) is 52.2. The summed E-state index contributed by atoms with van der Waals surface area (Å²) < 4.78 is 2.48. The van der Waals surface area contributed by atoms with E-state index in [0.29, 0.717) is 0 Å². The number of benzene rings is 6. The Kier molecular flexibility index (Phi) is 5.27. The van der Waals surface area contributed by atoms with Gasteiger partial charge < -0.3 is 9.47 Å². The van der Waals surface area contributed by atoms with E-state index in [9.17, 15) is 0 Å². The van der Waals surface area contributed by atoms with Crippen LogP contribution in [0.3, 0.4) is 0 Å². The third-order valence-electron chi connectivity index (χ3n) is 10.9. The maximum atomic E-state index is 5.48. The maximum absolute atomic E-state index is 5.48. The molecule has 0 amide bonds. The average Bonchev–Trinajstić information content (AvgIpc) is 3.63. The Balaban J connectivity index is 1.37. The summed E-state index contributed by atoms with van der Waals surface area (Å²) in [5, 5.41) is 10.2. The summed E-state index contributed by atoms with van der Waals surface area (Å²) in [6.45, 7) is 2.42. The summed E-state index contributed by atoms with van der Waals surface area (Å²) in [6.07, 6.45) is 3.28. The molecular formula is C45H30N4. The van der Waals surface area contributed by atoms with Crippen LogP contribution in [-0.4, -0.2) is 14.5 Å². The topological polar surface area (TPSA) is 34.0 Å². The first-order valence-electron chi connectivity index (χ1n) is 17.0. The van der Waals surface area contributed by atoms with Crippen molar-refractivity contribution < 1.29 is 0 Å². The summed E-state index contributed by atoms with van der Waals surface area (Å²) in [4.78, 5) is 13.3. The fraction of sp³-hybridized carbons (Fsp3) is 0.0667. The first kappa shape index (κ1) is 26.8. The molecule has 4 nitrogen and oxygen atoms in total. The minimum atomic E-state index is -0.429. The van der Waals surface area contributed by atoms with E-state index in [1.165, 1.54) is 65.5 Å². The monoisotopic (exact) mass is 626 g/mol. The third-order valence-corrected chi connectivity index (χ3v) is 10.9. The second-order valence-electron chi connectivity index (χ2n) is 13.5. The van der Waals surface area contributed by atoms with Crippen molar-refractivity contribution in [3.63, 3.8) is 0 Å². The van der Waals surface area contributed by atoms with Crippen LogP contribution in [0.15, 0.2) is 146 Å². The van der Waals surface area contributed by atoms with Crippen LogP contribution < -0.4 is 10.2 Å². The molecule has 0 radical (unpaired) electrons. The quantitative estimate of drug-likeness (QED) is 0.196. The molecule has 2 aromatic heterocycles. The molecule has 7 aromatic carbocycles. The van der Waals surface area contributed by atoms with Crippen LogP contribution in [0, 0.1) is 0 Å². The predicted molar refractivity (Wildman–Crippen MR) is 203 cm³/mol. The zero-order chi connectivity index (χ0) is 32.3. The Labute approximate surface area is 282 Å². The van der Waals surface area contributed by atoms with Crippen LogP contribution in [0.1, 0.15) is 18.9 Å². The van der Waals surface area contributed by atoms with Gasteiger partial charge in [-0.3, -0.25) is 0 Å². The first-order chi connectivity index (χ1) is 24.2. The van der Waals surface area contributed by atoms with Gasteiger partial charge in [-0.1, -0.05) is 115 Å². The van der Waals surface area contributed by atoms with Gasteiger partial charge in [0.05, 0.1) is 33.1 Å². The van der Waals surface area contributed by atoms with Crippen molar-refractivity contribution in [1.29, 1.82) is 0 Å². The normalized spacial score (nSPS) is 16.4. The molecule has 9 aromatic rings. The molecule has 1 aliphatic carbocycles. The molecule has 49 heavy (non-hydrogen) atoms. The van der Waals surface area contributed by atoms with Gasteiger partial charge in [-0.2, -0.15) is 0 Å². The number of para-hydroxylation sites is 3. The Bertz CT molecular complexity index is 2930. The fourth-order valence-electron chi connectivity index (χ4n) is 8.87. The Morgan fingerprint density at radius 2 is 1.16 bits per heavy atom. The van der Waals surface area contributed by atoms with E-state index < -0.39 is 5.54 Å². The van der Waals surface area contributed by atoms with Gasteiger partial charge in [-0.25, -0.2) is 9.97 Å². The molecule has 1 atom stereocenters. The van der Waals surface area contributed by atoms with Gasteiger partial charge in [0.25, 0.3) is 0 Å². The Hall–Kier alpha value is -6.26. The number of nitrogens with zero attached hydrogens (tertiary/aromatic N) is 4. The number of anilines is 2. The molecule has 11 rings (SSSR count). The third kappa shape index (κ3) is 3.47. The first-order valence-corrected chi connectivity index (χ1v) is 17.0. The van der Waals surface area contributed by atoms with Crippen LogP contribution in [0.4, 0.5) is 11.5 Å². The van der Waals surface area contributed by atoms with Gasteiger partial charge in [0.1, 0.15) is 5.69 Å². The van der Waals surface area contributed by atoms with E-state index in [1.807, 2.05) is 6.07 Å². The van der Waals surface area contributed by atoms with E-state index >= 15 is 0 Å². The van der Waals surface area contributed by atoms with Crippen molar-refractivity contribution in [2.75, 3.05) is 4.90 Å². The Morgan fingerprint density at radius 1 is 0.551 bits per heavy atom. The van der Waals surface area contributed by atoms with E-state index in [2.05, 4.69) is 162 Å². The molecule has 0 bridgehead atoms. The molecule has 0 saturated carbocycles. The molecule has 0 saturated heterocycles. The lowest BCUT2D eigenvalue weighted by molar-refractivity contribution is 0.513. The summed E-state index contributed by atoms with van der Waals surface area (Å²) in [5.41, 5.74) is 8.26. The van der Waals surface area contributed by atoms with Gasteiger partial charge in [0, 0.05) is 27.4 Å². The van der Waals surface area contributed by atoms with E-state index in [-0.39, 0.29) is 0 Å². The van der Waals surface area contributed by atoms with E-state index in [4.69, 9.17) is 9.97 Å². The second kappa shape index (κ2) is 9.65.